The number of benzene rings is 1. The maximum absolute atomic E-state index is 8.11. The molecule has 20 heavy (non-hydrogen) atoms. The van der Waals surface area contributed by atoms with E-state index in [0.717, 1.165) is 22.4 Å². The van der Waals surface area contributed by atoms with Crippen LogP contribution in [0.25, 0.3) is 11.3 Å². The second-order valence-corrected chi connectivity index (χ2v) is 7.34. The fourth-order valence-electron chi connectivity index (χ4n) is 2.04. The Morgan fingerprint density at radius 3 is 2.10 bits per heavy atom. The van der Waals surface area contributed by atoms with Crippen molar-refractivity contribution in [3.8, 4) is 11.3 Å². The van der Waals surface area contributed by atoms with E-state index in [9.17, 15) is 0 Å². The van der Waals surface area contributed by atoms with Crippen LogP contribution in [0.3, 0.4) is 0 Å². The monoisotopic (exact) mass is 269 g/mol. The van der Waals surface area contributed by atoms with Crippen molar-refractivity contribution in [3.05, 3.63) is 53.7 Å². The topological polar surface area (TPSA) is 12.9 Å². The molecular weight excluding hydrogens is 242 g/mol. The Bertz CT molecular complexity index is 630. The van der Waals surface area contributed by atoms with Crippen molar-refractivity contribution in [1.82, 2.24) is 4.98 Å². The van der Waals surface area contributed by atoms with Crippen molar-refractivity contribution in [2.75, 3.05) is 0 Å². The number of pyridine rings is 1. The zero-order valence-corrected chi connectivity index (χ0v) is 13.3. The summed E-state index contributed by atoms with van der Waals surface area (Å²) in [5.41, 5.74) is 3.72. The molecule has 0 unspecified atom stereocenters. The Morgan fingerprint density at radius 1 is 0.900 bits per heavy atom. The molecule has 106 valence electrons. The molecule has 0 aliphatic rings. The van der Waals surface area contributed by atoms with Crippen LogP contribution in [0.5, 0.6) is 0 Å². The van der Waals surface area contributed by atoms with E-state index in [0.29, 0.717) is 12.1 Å². The van der Waals surface area contributed by atoms with Crippen molar-refractivity contribution in [2.24, 2.45) is 0 Å². The van der Waals surface area contributed by atoms with E-state index < -0.39 is 0 Å². The highest BCUT2D eigenvalue weighted by atomic mass is 14.7. The van der Waals surface area contributed by atoms with Crippen molar-refractivity contribution in [3.63, 3.8) is 0 Å². The SMILES string of the molecule is [2H]c1ccc(-c2cc(C(C)(C)C)c([2H])cn2)cc1C(C)(C)C. The summed E-state index contributed by atoms with van der Waals surface area (Å²) in [6.45, 7) is 12.7. The first kappa shape index (κ1) is 12.1. The van der Waals surface area contributed by atoms with Crippen LogP contribution in [0.4, 0.5) is 0 Å². The summed E-state index contributed by atoms with van der Waals surface area (Å²) < 4.78 is 16.2. The van der Waals surface area contributed by atoms with Crippen LogP contribution in [0.2, 0.25) is 0 Å². The van der Waals surface area contributed by atoms with Gasteiger partial charge in [-0.1, -0.05) is 59.7 Å². The second-order valence-electron chi connectivity index (χ2n) is 7.34. The van der Waals surface area contributed by atoms with Crippen LogP contribution >= 0.6 is 0 Å². The number of rotatable bonds is 1. The number of aromatic nitrogens is 1. The Kier molecular flexibility index (Phi) is 3.06. The predicted molar refractivity (Wildman–Crippen MR) is 87.1 cm³/mol. The van der Waals surface area contributed by atoms with Crippen LogP contribution in [0.1, 0.15) is 55.4 Å². The summed E-state index contributed by atoms with van der Waals surface area (Å²) in [6.07, 6.45) is 1.63. The lowest BCUT2D eigenvalue weighted by Gasteiger charge is -2.21. The number of nitrogens with zero attached hydrogens (tertiary/aromatic N) is 1. The van der Waals surface area contributed by atoms with Gasteiger partial charge in [0.05, 0.1) is 8.44 Å². The van der Waals surface area contributed by atoms with E-state index in [2.05, 4.69) is 52.6 Å². The van der Waals surface area contributed by atoms with E-state index >= 15 is 0 Å². The summed E-state index contributed by atoms with van der Waals surface area (Å²) >= 11 is 0. The fraction of sp³-hybridized carbons (Fsp3) is 0.421. The van der Waals surface area contributed by atoms with Gasteiger partial charge in [0.1, 0.15) is 0 Å². The molecule has 0 saturated carbocycles. The van der Waals surface area contributed by atoms with E-state index in [1.165, 1.54) is 0 Å². The minimum absolute atomic E-state index is 0.0741. The standard InChI is InChI=1S/C19H25N/c1-18(2,3)15-9-7-8-14(12-15)17-13-16(10-11-20-17)19(4,5)6/h7-13H,1-6H3/i9D,10D. The third-order valence-electron chi connectivity index (χ3n) is 3.42. The summed E-state index contributed by atoms with van der Waals surface area (Å²) in [7, 11) is 0. The average molecular weight is 269 g/mol. The molecule has 1 nitrogen and oxygen atoms in total. The van der Waals surface area contributed by atoms with Gasteiger partial charge in [0.15, 0.2) is 0 Å². The van der Waals surface area contributed by atoms with E-state index in [-0.39, 0.29) is 10.8 Å². The van der Waals surface area contributed by atoms with Gasteiger partial charge in [0.2, 0.25) is 0 Å². The molecule has 0 bridgehead atoms. The molecule has 1 heterocycles. The van der Waals surface area contributed by atoms with Crippen LogP contribution in [0, 0.1) is 0 Å². The van der Waals surface area contributed by atoms with Gasteiger partial charge in [0.25, 0.3) is 0 Å². The molecule has 0 N–H and O–H groups in total. The summed E-state index contributed by atoms with van der Waals surface area (Å²) in [6, 6.07) is 8.88. The molecule has 0 aliphatic carbocycles. The van der Waals surface area contributed by atoms with Crippen molar-refractivity contribution >= 4 is 0 Å². The van der Waals surface area contributed by atoms with Gasteiger partial charge in [-0.25, -0.2) is 0 Å². The molecule has 0 amide bonds. The van der Waals surface area contributed by atoms with Crippen molar-refractivity contribution in [1.29, 1.82) is 0 Å². The molecule has 0 atom stereocenters. The first-order valence-corrected chi connectivity index (χ1v) is 7.09. The van der Waals surface area contributed by atoms with E-state index in [1.807, 2.05) is 18.2 Å². The Balaban J connectivity index is 2.59. The summed E-state index contributed by atoms with van der Waals surface area (Å²) in [5, 5.41) is 0. The lowest BCUT2D eigenvalue weighted by atomic mass is 9.85. The molecule has 1 aromatic heterocycles. The Hall–Kier alpha value is -1.63. The first-order chi connectivity index (χ1) is 10.00. The lowest BCUT2D eigenvalue weighted by Crippen LogP contribution is -2.12. The number of hydrogen-bond donors (Lipinski definition) is 0. The lowest BCUT2D eigenvalue weighted by molar-refractivity contribution is 0.588. The molecule has 0 radical (unpaired) electrons. The highest BCUT2D eigenvalue weighted by Gasteiger charge is 2.16. The summed E-state index contributed by atoms with van der Waals surface area (Å²) in [5.74, 6) is 0. The second kappa shape index (κ2) is 5.05. The van der Waals surface area contributed by atoms with E-state index in [1.54, 1.807) is 6.20 Å². The maximum Gasteiger partial charge on any atom is 0.0704 e. The van der Waals surface area contributed by atoms with Gasteiger partial charge in [-0.2, -0.15) is 0 Å². The van der Waals surface area contributed by atoms with Crippen molar-refractivity contribution in [2.45, 2.75) is 52.4 Å². The third kappa shape index (κ3) is 3.27. The molecule has 1 aromatic carbocycles. The highest BCUT2D eigenvalue weighted by Crippen LogP contribution is 2.29. The molecule has 2 rings (SSSR count). The smallest absolute Gasteiger partial charge is 0.0704 e. The zero-order chi connectivity index (χ0) is 16.7. The first-order valence-electron chi connectivity index (χ1n) is 8.09. The number of hydrogen-bond acceptors (Lipinski definition) is 1. The quantitative estimate of drug-likeness (QED) is 0.680. The van der Waals surface area contributed by atoms with Gasteiger partial charge in [-0.05, 0) is 40.1 Å². The minimum atomic E-state index is -0.0863. The normalized spacial score (nSPS) is 13.9. The van der Waals surface area contributed by atoms with Crippen LogP contribution in [-0.2, 0) is 10.8 Å². The Morgan fingerprint density at radius 2 is 1.50 bits per heavy atom. The molecule has 2 aromatic rings. The maximum atomic E-state index is 8.11. The van der Waals surface area contributed by atoms with Gasteiger partial charge in [-0.15, -0.1) is 0 Å². The third-order valence-corrected chi connectivity index (χ3v) is 3.42. The van der Waals surface area contributed by atoms with Crippen LogP contribution in [-0.4, -0.2) is 4.98 Å². The van der Waals surface area contributed by atoms with Gasteiger partial charge in [0, 0.05) is 11.8 Å². The Labute approximate surface area is 125 Å². The zero-order valence-electron chi connectivity index (χ0n) is 15.3. The molecular formula is C19H25N. The molecule has 1 heteroatoms. The molecule has 0 spiro atoms. The highest BCUT2D eigenvalue weighted by molar-refractivity contribution is 5.61. The van der Waals surface area contributed by atoms with Crippen LogP contribution < -0.4 is 0 Å². The average Bonchev–Trinajstić information content (AvgIpc) is 2.37. The van der Waals surface area contributed by atoms with Crippen molar-refractivity contribution < 1.29 is 2.74 Å². The fourth-order valence-corrected chi connectivity index (χ4v) is 2.04. The summed E-state index contributed by atoms with van der Waals surface area (Å²) in [4.78, 5) is 4.43. The van der Waals surface area contributed by atoms with Gasteiger partial charge < -0.3 is 0 Å². The molecule has 0 saturated heterocycles. The van der Waals surface area contributed by atoms with Gasteiger partial charge >= 0.3 is 0 Å². The minimum Gasteiger partial charge on any atom is -0.256 e. The van der Waals surface area contributed by atoms with Crippen LogP contribution in [0.15, 0.2) is 42.5 Å². The predicted octanol–water partition coefficient (Wildman–Crippen LogP) is 5.34. The van der Waals surface area contributed by atoms with E-state index in [4.69, 9.17) is 2.74 Å². The largest absolute Gasteiger partial charge is 0.256 e. The van der Waals surface area contributed by atoms with Gasteiger partial charge in [-0.3, -0.25) is 4.98 Å². The molecule has 0 aliphatic heterocycles. The molecule has 0 fully saturated rings.